The van der Waals surface area contributed by atoms with Gasteiger partial charge in [-0.3, -0.25) is 4.79 Å². The normalized spacial score (nSPS) is 10.6. The molecule has 4 heteroatoms. The van der Waals surface area contributed by atoms with Crippen LogP contribution >= 0.6 is 0 Å². The van der Waals surface area contributed by atoms with Gasteiger partial charge in [-0.25, -0.2) is 0 Å². The lowest BCUT2D eigenvalue weighted by Gasteiger charge is -2.15. The number of rotatable bonds is 4. The Morgan fingerprint density at radius 3 is 2.25 bits per heavy atom. The molecule has 0 fully saturated rings. The van der Waals surface area contributed by atoms with E-state index < -0.39 is 0 Å². The Balaban J connectivity index is 2.27. The Hall–Kier alpha value is -3.01. The van der Waals surface area contributed by atoms with E-state index in [2.05, 4.69) is 6.58 Å². The molecule has 122 valence electrons. The van der Waals surface area contributed by atoms with E-state index in [0.717, 1.165) is 11.1 Å². The van der Waals surface area contributed by atoms with Gasteiger partial charge in [0.1, 0.15) is 22.8 Å². The number of allylic oxidation sites excluding steroid dienone is 1. The van der Waals surface area contributed by atoms with Gasteiger partial charge in [0.25, 0.3) is 0 Å². The molecule has 0 amide bonds. The Morgan fingerprint density at radius 1 is 1.04 bits per heavy atom. The van der Waals surface area contributed by atoms with Crippen LogP contribution in [0.15, 0.2) is 58.3 Å². The van der Waals surface area contributed by atoms with E-state index in [0.29, 0.717) is 33.8 Å². The van der Waals surface area contributed by atoms with Gasteiger partial charge in [0.15, 0.2) is 5.43 Å². The Kier molecular flexibility index (Phi) is 4.13. The highest BCUT2D eigenvalue weighted by Crippen LogP contribution is 2.38. The van der Waals surface area contributed by atoms with Gasteiger partial charge in [0.2, 0.25) is 0 Å². The second-order valence-corrected chi connectivity index (χ2v) is 5.51. The molecule has 0 radical (unpaired) electrons. The average Bonchev–Trinajstić information content (AvgIpc) is 2.60. The van der Waals surface area contributed by atoms with Crippen molar-refractivity contribution in [2.45, 2.75) is 6.92 Å². The van der Waals surface area contributed by atoms with Gasteiger partial charge in [-0.15, -0.1) is 0 Å². The second-order valence-electron chi connectivity index (χ2n) is 5.51. The number of fused-ring (bicyclic) bond motifs is 1. The molecule has 0 aliphatic heterocycles. The summed E-state index contributed by atoms with van der Waals surface area (Å²) in [5, 5.41) is 0.554. The van der Waals surface area contributed by atoms with Crippen LogP contribution < -0.4 is 14.9 Å². The van der Waals surface area contributed by atoms with Crippen LogP contribution in [0.5, 0.6) is 11.5 Å². The predicted octanol–water partition coefficient (Wildman–Crippen LogP) is 4.51. The molecule has 0 N–H and O–H groups in total. The molecule has 0 saturated heterocycles. The molecule has 0 atom stereocenters. The van der Waals surface area contributed by atoms with Gasteiger partial charge in [-0.05, 0) is 36.8 Å². The summed E-state index contributed by atoms with van der Waals surface area (Å²) < 4.78 is 16.8. The molecule has 3 aromatic rings. The van der Waals surface area contributed by atoms with Gasteiger partial charge in [0, 0.05) is 11.6 Å². The number of benzene rings is 2. The quantitative estimate of drug-likeness (QED) is 0.709. The monoisotopic (exact) mass is 322 g/mol. The van der Waals surface area contributed by atoms with Crippen molar-refractivity contribution in [3.8, 4) is 22.8 Å². The highest BCUT2D eigenvalue weighted by Gasteiger charge is 2.16. The predicted molar refractivity (Wildman–Crippen MR) is 95.7 cm³/mol. The zero-order valence-corrected chi connectivity index (χ0v) is 13.9. The highest BCUT2D eigenvalue weighted by atomic mass is 16.5. The van der Waals surface area contributed by atoms with E-state index in [1.165, 1.54) is 6.07 Å². The third kappa shape index (κ3) is 2.67. The number of ether oxygens (including phenoxy) is 2. The fraction of sp³-hybridized carbons (Fsp3) is 0.150. The molecule has 0 saturated carbocycles. The maximum absolute atomic E-state index is 12.3. The molecule has 1 heterocycles. The number of methoxy groups -OCH3 is 2. The molecule has 1 aromatic heterocycles. The Morgan fingerprint density at radius 2 is 1.67 bits per heavy atom. The minimum atomic E-state index is -0.0891. The lowest BCUT2D eigenvalue weighted by molar-refractivity contribution is 0.392. The first kappa shape index (κ1) is 15.9. The SMILES string of the molecule is C=C(C)c1c(OC)cc(-c2cc(=O)c3ccccc3o2)cc1OC. The smallest absolute Gasteiger partial charge is 0.193 e. The molecule has 0 spiro atoms. The zero-order valence-electron chi connectivity index (χ0n) is 13.9. The third-order valence-electron chi connectivity index (χ3n) is 3.85. The third-order valence-corrected chi connectivity index (χ3v) is 3.85. The topological polar surface area (TPSA) is 48.7 Å². The van der Waals surface area contributed by atoms with Crippen molar-refractivity contribution in [3.05, 3.63) is 64.8 Å². The summed E-state index contributed by atoms with van der Waals surface area (Å²) in [6, 6.07) is 12.3. The first-order valence-corrected chi connectivity index (χ1v) is 7.50. The zero-order chi connectivity index (χ0) is 17.3. The molecule has 0 bridgehead atoms. The average molecular weight is 322 g/mol. The molecular weight excluding hydrogens is 304 g/mol. The van der Waals surface area contributed by atoms with Crippen LogP contribution in [-0.2, 0) is 0 Å². The van der Waals surface area contributed by atoms with E-state index in [1.54, 1.807) is 26.4 Å². The van der Waals surface area contributed by atoms with Crippen LogP contribution in [-0.4, -0.2) is 14.2 Å². The second kappa shape index (κ2) is 6.24. The minimum absolute atomic E-state index is 0.0891. The summed E-state index contributed by atoms with van der Waals surface area (Å²) in [6.07, 6.45) is 0. The van der Waals surface area contributed by atoms with Crippen LogP contribution in [0.1, 0.15) is 12.5 Å². The van der Waals surface area contributed by atoms with Crippen LogP contribution in [0.25, 0.3) is 27.9 Å². The van der Waals surface area contributed by atoms with E-state index in [-0.39, 0.29) is 5.43 Å². The summed E-state index contributed by atoms with van der Waals surface area (Å²) in [5.74, 6) is 1.70. The van der Waals surface area contributed by atoms with Crippen LogP contribution in [0, 0.1) is 0 Å². The first-order valence-electron chi connectivity index (χ1n) is 7.50. The van der Waals surface area contributed by atoms with Crippen molar-refractivity contribution in [3.63, 3.8) is 0 Å². The summed E-state index contributed by atoms with van der Waals surface area (Å²) in [7, 11) is 3.17. The summed E-state index contributed by atoms with van der Waals surface area (Å²) in [4.78, 5) is 12.3. The van der Waals surface area contributed by atoms with Crippen LogP contribution in [0.2, 0.25) is 0 Å². The maximum atomic E-state index is 12.3. The molecule has 24 heavy (non-hydrogen) atoms. The lowest BCUT2D eigenvalue weighted by atomic mass is 10.0. The first-order chi connectivity index (χ1) is 11.5. The molecule has 0 aliphatic rings. The van der Waals surface area contributed by atoms with Gasteiger partial charge >= 0.3 is 0 Å². The van der Waals surface area contributed by atoms with Crippen molar-refractivity contribution in [1.82, 2.24) is 0 Å². The highest BCUT2D eigenvalue weighted by molar-refractivity contribution is 5.81. The molecule has 0 unspecified atom stereocenters. The van der Waals surface area contributed by atoms with Crippen LogP contribution in [0.3, 0.4) is 0 Å². The molecule has 3 rings (SSSR count). The number of hydrogen-bond donors (Lipinski definition) is 0. The summed E-state index contributed by atoms with van der Waals surface area (Å²) in [6.45, 7) is 5.85. The van der Waals surface area contributed by atoms with Crippen molar-refractivity contribution < 1.29 is 13.9 Å². The van der Waals surface area contributed by atoms with E-state index in [4.69, 9.17) is 13.9 Å². The van der Waals surface area contributed by atoms with E-state index in [9.17, 15) is 4.79 Å². The van der Waals surface area contributed by atoms with E-state index in [1.807, 2.05) is 31.2 Å². The number of hydrogen-bond acceptors (Lipinski definition) is 4. The standard InChI is InChI=1S/C20H18O4/c1-12(2)20-18(22-3)9-13(10-19(20)23-4)17-11-15(21)14-7-5-6-8-16(14)24-17/h5-11H,1H2,2-4H3. The van der Waals surface area contributed by atoms with Gasteiger partial charge in [0.05, 0.1) is 25.2 Å². The molecule has 2 aromatic carbocycles. The Labute approximate surface area is 139 Å². The van der Waals surface area contributed by atoms with Crippen molar-refractivity contribution in [2.24, 2.45) is 0 Å². The summed E-state index contributed by atoms with van der Waals surface area (Å²) in [5.41, 5.74) is 2.79. The van der Waals surface area contributed by atoms with Crippen molar-refractivity contribution in [2.75, 3.05) is 14.2 Å². The summed E-state index contributed by atoms with van der Waals surface area (Å²) >= 11 is 0. The maximum Gasteiger partial charge on any atom is 0.193 e. The molecular formula is C20H18O4. The minimum Gasteiger partial charge on any atom is -0.496 e. The Bertz CT molecular complexity index is 957. The lowest BCUT2D eigenvalue weighted by Crippen LogP contribution is -2.01. The molecule has 4 nitrogen and oxygen atoms in total. The van der Waals surface area contributed by atoms with E-state index >= 15 is 0 Å². The van der Waals surface area contributed by atoms with Gasteiger partial charge < -0.3 is 13.9 Å². The fourth-order valence-electron chi connectivity index (χ4n) is 2.72. The van der Waals surface area contributed by atoms with Crippen molar-refractivity contribution in [1.29, 1.82) is 0 Å². The fourth-order valence-corrected chi connectivity index (χ4v) is 2.72. The largest absolute Gasteiger partial charge is 0.496 e. The number of para-hydroxylation sites is 1. The van der Waals surface area contributed by atoms with Crippen LogP contribution in [0.4, 0.5) is 0 Å². The van der Waals surface area contributed by atoms with Crippen molar-refractivity contribution >= 4 is 16.5 Å². The van der Waals surface area contributed by atoms with Gasteiger partial charge in [-0.1, -0.05) is 18.7 Å². The van der Waals surface area contributed by atoms with Gasteiger partial charge in [-0.2, -0.15) is 0 Å². The molecule has 0 aliphatic carbocycles.